The minimum absolute atomic E-state index is 0.0432. The molecule has 3 N–H and O–H groups in total. The molecule has 230 valence electrons. The van der Waals surface area contributed by atoms with Gasteiger partial charge in [-0.3, -0.25) is 9.69 Å². The maximum absolute atomic E-state index is 14.0. The van der Waals surface area contributed by atoms with Gasteiger partial charge in [0.25, 0.3) is 0 Å². The number of benzene rings is 1. The predicted octanol–water partition coefficient (Wildman–Crippen LogP) is 2.22. The number of carbonyl (C=O) groups excluding carboxylic acids is 2. The molecule has 1 heterocycles. The third kappa shape index (κ3) is 3.21. The molecular weight excluding hydrogens is 540 g/mol. The quantitative estimate of drug-likeness (QED) is 0.414. The van der Waals surface area contributed by atoms with E-state index in [1.165, 1.54) is 6.92 Å². The number of anilines is 1. The Hall–Kier alpha value is -2.08. The van der Waals surface area contributed by atoms with Crippen molar-refractivity contribution in [3.05, 3.63) is 29.8 Å². The van der Waals surface area contributed by atoms with Crippen molar-refractivity contribution in [3.63, 3.8) is 0 Å². The van der Waals surface area contributed by atoms with Gasteiger partial charge in [-0.25, -0.2) is 4.79 Å². The maximum Gasteiger partial charge on any atom is 0.340 e. The number of carbonyl (C=O) groups is 2. The average molecular weight is 585 g/mol. The molecule has 1 aliphatic heterocycles. The summed E-state index contributed by atoms with van der Waals surface area (Å²) in [5, 5.41) is 28.4. The monoisotopic (exact) mass is 584 g/mol. The van der Waals surface area contributed by atoms with E-state index in [-0.39, 0.29) is 47.8 Å². The molecule has 42 heavy (non-hydrogen) atoms. The van der Waals surface area contributed by atoms with Gasteiger partial charge >= 0.3 is 5.97 Å². The van der Waals surface area contributed by atoms with Gasteiger partial charge in [-0.15, -0.1) is 0 Å². The summed E-state index contributed by atoms with van der Waals surface area (Å²) in [6.07, 6.45) is 1.91. The Morgan fingerprint density at radius 1 is 1.07 bits per heavy atom. The first-order valence-corrected chi connectivity index (χ1v) is 15.4. The summed E-state index contributed by atoms with van der Waals surface area (Å²) in [4.78, 5) is 28.3. The Labute approximate surface area is 247 Å². The molecule has 1 spiro atoms. The van der Waals surface area contributed by atoms with E-state index in [1.807, 2.05) is 0 Å². The zero-order valence-corrected chi connectivity index (χ0v) is 25.2. The largest absolute Gasteiger partial charge is 0.454 e. The maximum atomic E-state index is 14.0. The molecule has 5 saturated carbocycles. The van der Waals surface area contributed by atoms with Crippen LogP contribution in [-0.2, 0) is 23.7 Å². The molecule has 5 aliphatic carbocycles. The number of hydrogen-bond acceptors (Lipinski definition) is 9. The lowest BCUT2D eigenvalue weighted by atomic mass is 9.44. The molecular formula is C32H44N2O8. The number of nitrogens with one attached hydrogen (secondary N) is 1. The molecule has 12 atom stereocenters. The van der Waals surface area contributed by atoms with Crippen LogP contribution >= 0.6 is 0 Å². The second kappa shape index (κ2) is 9.46. The Morgan fingerprint density at radius 2 is 1.83 bits per heavy atom. The van der Waals surface area contributed by atoms with Crippen molar-refractivity contribution in [1.82, 2.24) is 4.90 Å². The number of likely N-dealkylation sites (tertiary alicyclic amines) is 1. The van der Waals surface area contributed by atoms with E-state index >= 15 is 0 Å². The van der Waals surface area contributed by atoms with Gasteiger partial charge in [-0.2, -0.15) is 0 Å². The molecule has 1 aromatic carbocycles. The lowest BCUT2D eigenvalue weighted by Crippen LogP contribution is -2.83. The van der Waals surface area contributed by atoms with Crippen LogP contribution < -0.4 is 5.32 Å². The molecule has 0 radical (unpaired) electrons. The number of esters is 1. The summed E-state index contributed by atoms with van der Waals surface area (Å²) in [6, 6.07) is 6.89. The number of rotatable bonds is 7. The number of ether oxygens (including phenoxy) is 4. The van der Waals surface area contributed by atoms with Gasteiger partial charge in [0.1, 0.15) is 16.8 Å². The molecule has 7 rings (SSSR count). The number of para-hydroxylation sites is 1. The predicted molar refractivity (Wildman–Crippen MR) is 152 cm³/mol. The lowest BCUT2D eigenvalue weighted by molar-refractivity contribution is -0.337. The van der Waals surface area contributed by atoms with E-state index in [2.05, 4.69) is 17.1 Å². The average Bonchev–Trinajstić information content (AvgIpc) is 3.39. The van der Waals surface area contributed by atoms with Gasteiger partial charge in [-0.1, -0.05) is 19.1 Å². The topological polar surface area (TPSA) is 127 Å². The lowest BCUT2D eigenvalue weighted by Gasteiger charge is -2.70. The first kappa shape index (κ1) is 28.7. The summed E-state index contributed by atoms with van der Waals surface area (Å²) in [5.74, 6) is -1.54. The molecule has 7 bridgehead atoms. The van der Waals surface area contributed by atoms with Crippen molar-refractivity contribution in [3.8, 4) is 0 Å². The summed E-state index contributed by atoms with van der Waals surface area (Å²) < 4.78 is 25.1. The zero-order valence-electron chi connectivity index (χ0n) is 25.2. The third-order valence-electron chi connectivity index (χ3n) is 12.6. The van der Waals surface area contributed by atoms with Gasteiger partial charge in [0, 0.05) is 76.3 Å². The second-order valence-corrected chi connectivity index (χ2v) is 13.7. The summed E-state index contributed by atoms with van der Waals surface area (Å²) in [6.45, 7) is 4.79. The van der Waals surface area contributed by atoms with Crippen molar-refractivity contribution in [2.75, 3.05) is 39.7 Å². The zero-order chi connectivity index (χ0) is 29.8. The summed E-state index contributed by atoms with van der Waals surface area (Å²) >= 11 is 0. The highest BCUT2D eigenvalue weighted by molar-refractivity contribution is 6.00. The molecule has 10 heteroatoms. The number of aliphatic hydroxyl groups is 2. The minimum atomic E-state index is -1.48. The van der Waals surface area contributed by atoms with Crippen molar-refractivity contribution >= 4 is 17.6 Å². The van der Waals surface area contributed by atoms with E-state index in [9.17, 15) is 19.8 Å². The Morgan fingerprint density at radius 3 is 2.50 bits per heavy atom. The molecule has 1 amide bonds. The fourth-order valence-corrected chi connectivity index (χ4v) is 11.6. The van der Waals surface area contributed by atoms with Crippen LogP contribution in [0.4, 0.5) is 5.69 Å². The van der Waals surface area contributed by atoms with Crippen molar-refractivity contribution < 1.29 is 38.7 Å². The number of methoxy groups -OCH3 is 3. The molecule has 6 aliphatic rings. The van der Waals surface area contributed by atoms with Crippen molar-refractivity contribution in [2.45, 2.75) is 87.1 Å². The minimum Gasteiger partial charge on any atom is -0.454 e. The van der Waals surface area contributed by atoms with Crippen LogP contribution in [0, 0.1) is 29.1 Å². The fraction of sp³-hybridized carbons (Fsp3) is 0.750. The van der Waals surface area contributed by atoms with E-state index in [0.29, 0.717) is 56.4 Å². The van der Waals surface area contributed by atoms with Crippen LogP contribution in [0.3, 0.4) is 0 Å². The second-order valence-electron chi connectivity index (χ2n) is 13.7. The molecule has 0 aromatic heterocycles. The van der Waals surface area contributed by atoms with E-state index in [1.54, 1.807) is 45.6 Å². The highest BCUT2D eigenvalue weighted by Crippen LogP contribution is 2.79. The van der Waals surface area contributed by atoms with Crippen molar-refractivity contribution in [2.24, 2.45) is 29.1 Å². The molecule has 10 nitrogen and oxygen atoms in total. The van der Waals surface area contributed by atoms with Crippen molar-refractivity contribution in [1.29, 1.82) is 0 Å². The fourth-order valence-electron chi connectivity index (χ4n) is 11.6. The number of amides is 1. The van der Waals surface area contributed by atoms with Crippen LogP contribution in [0.2, 0.25) is 0 Å². The Kier molecular flexibility index (Phi) is 6.46. The van der Waals surface area contributed by atoms with Crippen LogP contribution in [0.1, 0.15) is 56.3 Å². The first-order valence-electron chi connectivity index (χ1n) is 15.4. The van der Waals surface area contributed by atoms with Crippen LogP contribution in [0.5, 0.6) is 0 Å². The number of fused-ring (bicyclic) bond motifs is 2. The van der Waals surface area contributed by atoms with Gasteiger partial charge < -0.3 is 34.5 Å². The molecule has 6 fully saturated rings. The normalized spacial score (nSPS) is 48.2. The van der Waals surface area contributed by atoms with Gasteiger partial charge in [0.15, 0.2) is 0 Å². The van der Waals surface area contributed by atoms with Gasteiger partial charge in [-0.05, 0) is 44.4 Å². The van der Waals surface area contributed by atoms with Crippen LogP contribution in [-0.4, -0.2) is 103 Å². The van der Waals surface area contributed by atoms with Gasteiger partial charge in [0.05, 0.1) is 29.6 Å². The number of nitrogens with zero attached hydrogens (tertiary/aromatic N) is 1. The number of hydrogen-bond donors (Lipinski definition) is 3. The van der Waals surface area contributed by atoms with E-state index in [4.69, 9.17) is 18.9 Å². The van der Waals surface area contributed by atoms with E-state index in [0.717, 1.165) is 0 Å². The first-order chi connectivity index (χ1) is 20.1. The highest BCUT2D eigenvalue weighted by atomic mass is 16.6. The smallest absolute Gasteiger partial charge is 0.340 e. The van der Waals surface area contributed by atoms with Crippen LogP contribution in [0.25, 0.3) is 0 Å². The van der Waals surface area contributed by atoms with E-state index < -0.39 is 34.3 Å². The summed E-state index contributed by atoms with van der Waals surface area (Å²) in [5.41, 5.74) is -3.57. The van der Waals surface area contributed by atoms with Gasteiger partial charge in [0.2, 0.25) is 5.91 Å². The SMILES string of the molecule is CCN1C[C@]2(OC(=O)c3ccccc3NC(C)=O)CC[C@H](OC)[C@]34C1[C@H](C[C@H]23)[C@@]1(O)CC(OC)[C@H]2C[C@@H]4[C@]1(O)[C@H]2OC. The molecule has 2 unspecified atom stereocenters. The standard InChI is InChI=1S/C32H44N2O8/c1-6-34-16-29(42-28(36)18-9-7-8-10-21(18)33-17(2)35)12-11-25(40-4)31-23(29)14-20(26(31)34)30(37)15-22(39-3)19-13-24(31)32(30,38)27(19)41-5/h7-10,19-20,22-27,37-38H,6,11-16H2,1-5H3,(H,33,35)/t19-,20+,22?,23-,24+,25+,26?,27+,29-,30+,31+,32+/m1/s1. The Balaban J connectivity index is 1.38. The number of likely N-dealkylation sites (N-methyl/N-ethyl adjacent to an activating group) is 1. The van der Waals surface area contributed by atoms with Crippen LogP contribution in [0.15, 0.2) is 24.3 Å². The summed E-state index contributed by atoms with van der Waals surface area (Å²) in [7, 11) is 5.05. The molecule has 1 aromatic rings. The Bertz CT molecular complexity index is 1290. The number of piperidine rings is 1. The molecule has 1 saturated heterocycles. The highest BCUT2D eigenvalue weighted by Gasteiger charge is 2.89. The third-order valence-corrected chi connectivity index (χ3v) is 12.6.